The standard InChI is InChI=1S/C12H16F3NO4/c1-18-4-5-19-7-20-8-2-3-10(16)9(6-8)11(17)12(13,14)15/h2-3,6,11,17H,4-5,7,16H2,1H3. The first-order valence-electron chi connectivity index (χ1n) is 5.70. The van der Waals surface area contributed by atoms with Gasteiger partial charge in [0.25, 0.3) is 0 Å². The molecule has 0 aliphatic rings. The maximum absolute atomic E-state index is 12.5. The molecule has 0 spiro atoms. The Hall–Kier alpha value is -1.51. The molecule has 3 N–H and O–H groups in total. The number of anilines is 1. The lowest BCUT2D eigenvalue weighted by Gasteiger charge is -2.17. The molecule has 0 heterocycles. The van der Waals surface area contributed by atoms with E-state index in [0.29, 0.717) is 13.2 Å². The van der Waals surface area contributed by atoms with Crippen molar-refractivity contribution in [1.29, 1.82) is 0 Å². The van der Waals surface area contributed by atoms with Crippen LogP contribution in [-0.2, 0) is 9.47 Å². The number of rotatable bonds is 7. The smallest absolute Gasteiger partial charge is 0.418 e. The van der Waals surface area contributed by atoms with E-state index in [0.717, 1.165) is 6.07 Å². The van der Waals surface area contributed by atoms with E-state index in [-0.39, 0.29) is 18.2 Å². The number of nitrogens with two attached hydrogens (primary N) is 1. The number of hydrogen-bond acceptors (Lipinski definition) is 5. The van der Waals surface area contributed by atoms with Gasteiger partial charge in [-0.25, -0.2) is 0 Å². The van der Waals surface area contributed by atoms with Gasteiger partial charge in [0, 0.05) is 18.4 Å². The quantitative estimate of drug-likeness (QED) is 0.456. The SMILES string of the molecule is COCCOCOc1ccc(N)c(C(O)C(F)(F)F)c1. The molecule has 0 aliphatic carbocycles. The van der Waals surface area contributed by atoms with Gasteiger partial charge in [-0.2, -0.15) is 13.2 Å². The van der Waals surface area contributed by atoms with Crippen LogP contribution in [0.4, 0.5) is 18.9 Å². The second-order valence-corrected chi connectivity index (χ2v) is 3.90. The van der Waals surface area contributed by atoms with Crippen LogP contribution in [0.2, 0.25) is 0 Å². The van der Waals surface area contributed by atoms with Crippen LogP contribution in [0, 0.1) is 0 Å². The molecule has 8 heteroatoms. The summed E-state index contributed by atoms with van der Waals surface area (Å²) in [5, 5.41) is 9.20. The molecule has 20 heavy (non-hydrogen) atoms. The molecule has 114 valence electrons. The monoisotopic (exact) mass is 295 g/mol. The van der Waals surface area contributed by atoms with Crippen molar-refractivity contribution in [2.75, 3.05) is 32.9 Å². The topological polar surface area (TPSA) is 73.9 Å². The Labute approximate surface area is 114 Å². The fourth-order valence-electron chi connectivity index (χ4n) is 1.37. The van der Waals surface area contributed by atoms with Gasteiger partial charge in [0.15, 0.2) is 12.9 Å². The maximum atomic E-state index is 12.5. The van der Waals surface area contributed by atoms with Gasteiger partial charge in [-0.1, -0.05) is 0 Å². The number of ether oxygens (including phenoxy) is 3. The first-order valence-corrected chi connectivity index (χ1v) is 5.70. The fourth-order valence-corrected chi connectivity index (χ4v) is 1.37. The molecule has 1 atom stereocenters. The summed E-state index contributed by atoms with van der Waals surface area (Å²) in [6, 6.07) is 3.66. The number of benzene rings is 1. The van der Waals surface area contributed by atoms with E-state index in [4.69, 9.17) is 19.9 Å². The number of methoxy groups -OCH3 is 1. The molecule has 1 aromatic carbocycles. The van der Waals surface area contributed by atoms with E-state index in [9.17, 15) is 18.3 Å². The summed E-state index contributed by atoms with van der Waals surface area (Å²) >= 11 is 0. The molecule has 0 bridgehead atoms. The molecule has 0 saturated heterocycles. The molecule has 1 unspecified atom stereocenters. The summed E-state index contributed by atoms with van der Waals surface area (Å²) in [7, 11) is 1.51. The van der Waals surface area contributed by atoms with Gasteiger partial charge in [0.05, 0.1) is 13.2 Å². The molecule has 1 rings (SSSR count). The van der Waals surface area contributed by atoms with Crippen molar-refractivity contribution in [3.8, 4) is 5.75 Å². The summed E-state index contributed by atoms with van der Waals surface area (Å²) in [5.41, 5.74) is 4.80. The van der Waals surface area contributed by atoms with Crippen LogP contribution in [0.3, 0.4) is 0 Å². The molecule has 0 aliphatic heterocycles. The van der Waals surface area contributed by atoms with Crippen molar-refractivity contribution >= 4 is 5.69 Å². The van der Waals surface area contributed by atoms with Gasteiger partial charge in [-0.3, -0.25) is 0 Å². The van der Waals surface area contributed by atoms with Crippen molar-refractivity contribution in [2.24, 2.45) is 0 Å². The highest BCUT2D eigenvalue weighted by atomic mass is 19.4. The van der Waals surface area contributed by atoms with Crippen LogP contribution in [0.1, 0.15) is 11.7 Å². The lowest BCUT2D eigenvalue weighted by atomic mass is 10.1. The third kappa shape index (κ3) is 4.87. The Morgan fingerprint density at radius 2 is 2.00 bits per heavy atom. The third-order valence-electron chi connectivity index (χ3n) is 2.40. The van der Waals surface area contributed by atoms with Gasteiger partial charge in [0.2, 0.25) is 0 Å². The van der Waals surface area contributed by atoms with Crippen molar-refractivity contribution < 1.29 is 32.5 Å². The normalized spacial score (nSPS) is 13.2. The zero-order valence-electron chi connectivity index (χ0n) is 10.8. The van der Waals surface area contributed by atoms with E-state index in [1.807, 2.05) is 0 Å². The van der Waals surface area contributed by atoms with Crippen LogP contribution < -0.4 is 10.5 Å². The van der Waals surface area contributed by atoms with Crippen LogP contribution in [0.15, 0.2) is 18.2 Å². The molecular weight excluding hydrogens is 279 g/mol. The minimum atomic E-state index is -4.79. The van der Waals surface area contributed by atoms with Crippen molar-refractivity contribution in [3.63, 3.8) is 0 Å². The lowest BCUT2D eigenvalue weighted by Crippen LogP contribution is -2.21. The molecule has 0 saturated carbocycles. The fraction of sp³-hybridized carbons (Fsp3) is 0.500. The van der Waals surface area contributed by atoms with Gasteiger partial charge < -0.3 is 25.1 Å². The minimum absolute atomic E-state index is 0.120. The van der Waals surface area contributed by atoms with Gasteiger partial charge in [0.1, 0.15) is 5.75 Å². The largest absolute Gasteiger partial charge is 0.468 e. The van der Waals surface area contributed by atoms with E-state index in [1.54, 1.807) is 0 Å². The number of alkyl halides is 3. The average Bonchev–Trinajstić information content (AvgIpc) is 2.38. The predicted molar refractivity (Wildman–Crippen MR) is 65.2 cm³/mol. The first-order chi connectivity index (χ1) is 9.36. The number of hydrogen-bond donors (Lipinski definition) is 2. The van der Waals surface area contributed by atoms with Crippen LogP contribution in [0.25, 0.3) is 0 Å². The summed E-state index contributed by atoms with van der Waals surface area (Å²) < 4.78 is 52.2. The second-order valence-electron chi connectivity index (χ2n) is 3.90. The Balaban J connectivity index is 2.67. The number of nitrogen functional groups attached to an aromatic ring is 1. The summed E-state index contributed by atoms with van der Waals surface area (Å²) in [6.07, 6.45) is -7.44. The Morgan fingerprint density at radius 1 is 1.30 bits per heavy atom. The molecule has 0 fully saturated rings. The van der Waals surface area contributed by atoms with E-state index < -0.39 is 17.8 Å². The molecular formula is C12H16F3NO4. The van der Waals surface area contributed by atoms with E-state index in [1.165, 1.54) is 19.2 Å². The van der Waals surface area contributed by atoms with E-state index in [2.05, 4.69) is 0 Å². The van der Waals surface area contributed by atoms with Crippen molar-refractivity contribution in [3.05, 3.63) is 23.8 Å². The molecule has 5 nitrogen and oxygen atoms in total. The Bertz CT molecular complexity index is 426. The molecule has 0 aromatic heterocycles. The Kier molecular flexibility index (Phi) is 6.05. The van der Waals surface area contributed by atoms with Crippen LogP contribution in [-0.4, -0.2) is 38.4 Å². The van der Waals surface area contributed by atoms with Crippen LogP contribution in [0.5, 0.6) is 5.75 Å². The summed E-state index contributed by atoms with van der Waals surface area (Å²) in [6.45, 7) is 0.529. The highest BCUT2D eigenvalue weighted by molar-refractivity contribution is 5.52. The molecule has 0 amide bonds. The molecule has 1 aromatic rings. The summed E-state index contributed by atoms with van der Waals surface area (Å²) in [5.74, 6) is 0.120. The molecule has 0 radical (unpaired) electrons. The zero-order chi connectivity index (χ0) is 15.2. The second kappa shape index (κ2) is 7.32. The maximum Gasteiger partial charge on any atom is 0.418 e. The highest BCUT2D eigenvalue weighted by Crippen LogP contribution is 2.36. The Morgan fingerprint density at radius 3 is 2.60 bits per heavy atom. The first kappa shape index (κ1) is 16.5. The summed E-state index contributed by atoms with van der Waals surface area (Å²) in [4.78, 5) is 0. The van der Waals surface area contributed by atoms with Crippen molar-refractivity contribution in [2.45, 2.75) is 12.3 Å². The minimum Gasteiger partial charge on any atom is -0.468 e. The number of aliphatic hydroxyl groups is 1. The van der Waals surface area contributed by atoms with Crippen LogP contribution >= 0.6 is 0 Å². The number of aliphatic hydroxyl groups excluding tert-OH is 1. The van der Waals surface area contributed by atoms with E-state index >= 15 is 0 Å². The third-order valence-corrected chi connectivity index (χ3v) is 2.40. The lowest BCUT2D eigenvalue weighted by molar-refractivity contribution is -0.206. The van der Waals surface area contributed by atoms with Crippen molar-refractivity contribution in [1.82, 2.24) is 0 Å². The highest BCUT2D eigenvalue weighted by Gasteiger charge is 2.40. The predicted octanol–water partition coefficient (Wildman–Crippen LogP) is 1.86. The van der Waals surface area contributed by atoms with Gasteiger partial charge in [-0.15, -0.1) is 0 Å². The number of halogens is 3. The van der Waals surface area contributed by atoms with Gasteiger partial charge in [-0.05, 0) is 18.2 Å². The van der Waals surface area contributed by atoms with Gasteiger partial charge >= 0.3 is 6.18 Å². The average molecular weight is 295 g/mol. The zero-order valence-corrected chi connectivity index (χ0v) is 10.8.